The summed E-state index contributed by atoms with van der Waals surface area (Å²) in [7, 11) is 1.30. The number of carbonyl (C=O) groups is 1. The molecule has 0 aliphatic heterocycles. The molecule has 0 amide bonds. The predicted molar refractivity (Wildman–Crippen MR) is 39.8 cm³/mol. The van der Waals surface area contributed by atoms with Crippen molar-refractivity contribution < 1.29 is 18.7 Å². The van der Waals surface area contributed by atoms with Crippen LogP contribution < -0.4 is 0 Å². The van der Waals surface area contributed by atoms with Crippen LogP contribution in [0.2, 0.25) is 0 Å². The van der Waals surface area contributed by atoms with E-state index in [0.717, 1.165) is 4.68 Å². The van der Waals surface area contributed by atoms with Crippen LogP contribution in [0.15, 0.2) is 0 Å². The summed E-state index contributed by atoms with van der Waals surface area (Å²) >= 11 is 0. The Morgan fingerprint density at radius 3 is 2.69 bits per heavy atom. The highest BCUT2D eigenvalue weighted by Gasteiger charge is 2.20. The van der Waals surface area contributed by atoms with E-state index in [9.17, 15) is 13.6 Å². The molecule has 1 aromatic rings. The third-order valence-corrected chi connectivity index (χ3v) is 1.59. The Bertz CT molecular complexity index is 335. The molecule has 4 nitrogen and oxygen atoms in total. The minimum absolute atomic E-state index is 0.151. The lowest BCUT2D eigenvalue weighted by atomic mass is 10.3. The fourth-order valence-electron chi connectivity index (χ4n) is 1.04. The van der Waals surface area contributed by atoms with Crippen molar-refractivity contribution in [1.29, 1.82) is 0 Å². The Balaban J connectivity index is 3.14. The Kier molecular flexibility index (Phi) is 2.60. The normalized spacial score (nSPS) is 10.4. The molecule has 0 aromatic carbocycles. The summed E-state index contributed by atoms with van der Waals surface area (Å²) in [5.41, 5.74) is -0.689. The molecule has 0 aliphatic carbocycles. The number of alkyl halides is 1. The van der Waals surface area contributed by atoms with Crippen LogP contribution in [-0.4, -0.2) is 27.5 Å². The fourth-order valence-corrected chi connectivity index (χ4v) is 1.04. The van der Waals surface area contributed by atoms with E-state index >= 15 is 0 Å². The standard InChI is InChI=1S/C7H8F2N2O2/c1-11-6(7(12)13)5(9)4(10-11)2-3-8/h2-3H2,1H3,(H,12,13). The zero-order valence-corrected chi connectivity index (χ0v) is 6.92. The van der Waals surface area contributed by atoms with Crippen molar-refractivity contribution >= 4 is 5.97 Å². The molecule has 1 heterocycles. The molecule has 1 aromatic heterocycles. The van der Waals surface area contributed by atoms with Gasteiger partial charge in [-0.05, 0) is 0 Å². The zero-order chi connectivity index (χ0) is 10.0. The van der Waals surface area contributed by atoms with Crippen LogP contribution in [0.4, 0.5) is 8.78 Å². The average Bonchev–Trinajstić information content (AvgIpc) is 2.28. The molecule has 0 unspecified atom stereocenters. The first-order valence-corrected chi connectivity index (χ1v) is 3.58. The van der Waals surface area contributed by atoms with Gasteiger partial charge in [0, 0.05) is 13.5 Å². The van der Waals surface area contributed by atoms with Gasteiger partial charge in [-0.2, -0.15) is 5.10 Å². The number of aryl methyl sites for hydroxylation is 2. The Morgan fingerprint density at radius 1 is 1.69 bits per heavy atom. The van der Waals surface area contributed by atoms with Gasteiger partial charge in [-0.15, -0.1) is 0 Å². The van der Waals surface area contributed by atoms with Gasteiger partial charge in [-0.3, -0.25) is 9.07 Å². The van der Waals surface area contributed by atoms with Gasteiger partial charge >= 0.3 is 5.97 Å². The van der Waals surface area contributed by atoms with Crippen LogP contribution >= 0.6 is 0 Å². The highest BCUT2D eigenvalue weighted by atomic mass is 19.1. The van der Waals surface area contributed by atoms with E-state index in [1.807, 2.05) is 0 Å². The molecule has 0 saturated heterocycles. The maximum absolute atomic E-state index is 13.1. The van der Waals surface area contributed by atoms with Crippen LogP contribution in [-0.2, 0) is 13.5 Å². The first-order valence-electron chi connectivity index (χ1n) is 3.58. The van der Waals surface area contributed by atoms with E-state index in [0.29, 0.717) is 0 Å². The van der Waals surface area contributed by atoms with Crippen LogP contribution in [0, 0.1) is 5.82 Å². The smallest absolute Gasteiger partial charge is 0.357 e. The van der Waals surface area contributed by atoms with Crippen LogP contribution in [0.1, 0.15) is 16.2 Å². The minimum Gasteiger partial charge on any atom is -0.476 e. The van der Waals surface area contributed by atoms with E-state index in [2.05, 4.69) is 5.10 Å². The number of aromatic carboxylic acids is 1. The zero-order valence-electron chi connectivity index (χ0n) is 6.92. The molecule has 6 heteroatoms. The lowest BCUT2D eigenvalue weighted by Gasteiger charge is -1.92. The van der Waals surface area contributed by atoms with Crippen molar-refractivity contribution in [3.05, 3.63) is 17.2 Å². The first-order chi connectivity index (χ1) is 6.07. The molecule has 72 valence electrons. The lowest BCUT2D eigenvalue weighted by Crippen LogP contribution is -2.06. The molecule has 0 atom stereocenters. The molecule has 13 heavy (non-hydrogen) atoms. The quantitative estimate of drug-likeness (QED) is 0.765. The molecule has 0 fully saturated rings. The number of halogens is 2. The molecule has 0 saturated carbocycles. The van der Waals surface area contributed by atoms with Crippen molar-refractivity contribution in [2.75, 3.05) is 6.67 Å². The SMILES string of the molecule is Cn1nc(CCF)c(F)c1C(=O)O. The van der Waals surface area contributed by atoms with Gasteiger partial charge in [0.2, 0.25) is 0 Å². The topological polar surface area (TPSA) is 55.1 Å². The van der Waals surface area contributed by atoms with E-state index in [4.69, 9.17) is 5.11 Å². The molecular weight excluding hydrogens is 182 g/mol. The number of nitrogens with zero attached hydrogens (tertiary/aromatic N) is 2. The second kappa shape index (κ2) is 3.51. The molecule has 0 bridgehead atoms. The number of rotatable bonds is 3. The molecule has 0 aliphatic rings. The largest absolute Gasteiger partial charge is 0.476 e. The van der Waals surface area contributed by atoms with Crippen molar-refractivity contribution in [1.82, 2.24) is 9.78 Å². The van der Waals surface area contributed by atoms with Crippen LogP contribution in [0.25, 0.3) is 0 Å². The van der Waals surface area contributed by atoms with Gasteiger partial charge in [-0.25, -0.2) is 9.18 Å². The fraction of sp³-hybridized carbons (Fsp3) is 0.429. The van der Waals surface area contributed by atoms with Crippen molar-refractivity contribution in [2.24, 2.45) is 7.05 Å². The number of hydrogen-bond acceptors (Lipinski definition) is 2. The van der Waals surface area contributed by atoms with E-state index in [-0.39, 0.29) is 12.1 Å². The number of carboxylic acids is 1. The van der Waals surface area contributed by atoms with Crippen molar-refractivity contribution in [3.63, 3.8) is 0 Å². The molecular formula is C7H8F2N2O2. The van der Waals surface area contributed by atoms with E-state index in [1.165, 1.54) is 7.05 Å². The Labute approximate surface area is 72.8 Å². The summed E-state index contributed by atoms with van der Waals surface area (Å²) in [5, 5.41) is 12.1. The van der Waals surface area contributed by atoms with E-state index in [1.54, 1.807) is 0 Å². The van der Waals surface area contributed by atoms with Gasteiger partial charge in [0.25, 0.3) is 0 Å². The minimum atomic E-state index is -1.40. The average molecular weight is 190 g/mol. The second-order valence-corrected chi connectivity index (χ2v) is 2.48. The summed E-state index contributed by atoms with van der Waals surface area (Å²) in [5.74, 6) is -2.36. The van der Waals surface area contributed by atoms with Gasteiger partial charge < -0.3 is 5.11 Å². The van der Waals surface area contributed by atoms with E-state index < -0.39 is 24.2 Å². The van der Waals surface area contributed by atoms with Crippen LogP contribution in [0.3, 0.4) is 0 Å². The number of carboxylic acid groups (broad SMARTS) is 1. The Hall–Kier alpha value is -1.46. The van der Waals surface area contributed by atoms with Crippen molar-refractivity contribution in [3.8, 4) is 0 Å². The van der Waals surface area contributed by atoms with Crippen LogP contribution in [0.5, 0.6) is 0 Å². The molecule has 0 radical (unpaired) electrons. The molecule has 1 N–H and O–H groups in total. The number of aromatic nitrogens is 2. The second-order valence-electron chi connectivity index (χ2n) is 2.48. The highest BCUT2D eigenvalue weighted by Crippen LogP contribution is 2.11. The monoisotopic (exact) mass is 190 g/mol. The van der Waals surface area contributed by atoms with Crippen molar-refractivity contribution in [2.45, 2.75) is 6.42 Å². The first kappa shape index (κ1) is 9.63. The van der Waals surface area contributed by atoms with Gasteiger partial charge in [0.1, 0.15) is 5.69 Å². The number of hydrogen-bond donors (Lipinski definition) is 1. The summed E-state index contributed by atoms with van der Waals surface area (Å²) < 4.78 is 25.8. The van der Waals surface area contributed by atoms with Gasteiger partial charge in [-0.1, -0.05) is 0 Å². The summed E-state index contributed by atoms with van der Waals surface area (Å²) in [6.45, 7) is -0.757. The molecule has 0 spiro atoms. The summed E-state index contributed by atoms with van der Waals surface area (Å²) in [6, 6.07) is 0. The maximum atomic E-state index is 13.1. The summed E-state index contributed by atoms with van der Waals surface area (Å²) in [6.07, 6.45) is -0.201. The summed E-state index contributed by atoms with van der Waals surface area (Å²) in [4.78, 5) is 10.5. The third kappa shape index (κ3) is 1.66. The van der Waals surface area contributed by atoms with Gasteiger partial charge in [0.05, 0.1) is 6.67 Å². The molecule has 1 rings (SSSR count). The third-order valence-electron chi connectivity index (χ3n) is 1.59. The maximum Gasteiger partial charge on any atom is 0.357 e. The highest BCUT2D eigenvalue weighted by molar-refractivity contribution is 5.86. The predicted octanol–water partition coefficient (Wildman–Crippen LogP) is 0.769. The Morgan fingerprint density at radius 2 is 2.31 bits per heavy atom. The van der Waals surface area contributed by atoms with Gasteiger partial charge in [0.15, 0.2) is 11.5 Å². The lowest BCUT2D eigenvalue weighted by molar-refractivity contribution is 0.0679.